The first-order valence-corrected chi connectivity index (χ1v) is 12.4. The summed E-state index contributed by atoms with van der Waals surface area (Å²) in [7, 11) is 0. The van der Waals surface area contributed by atoms with Crippen LogP contribution in [-0.4, -0.2) is 88.5 Å². The maximum atomic E-state index is 13.4. The molecule has 6 amide bonds. The predicted octanol–water partition coefficient (Wildman–Crippen LogP) is -4.15. The van der Waals surface area contributed by atoms with E-state index < -0.39 is 66.7 Å². The van der Waals surface area contributed by atoms with Crippen molar-refractivity contribution < 1.29 is 77.4 Å². The molecule has 2 N–H and O–H groups in total. The molecule has 214 valence electrons. The number of hydrogen-bond acceptors (Lipinski definition) is 11. The number of esters is 1. The average molecular weight is 590 g/mol. The number of ether oxygens (including phenoxy) is 1. The van der Waals surface area contributed by atoms with Crippen LogP contribution >= 0.6 is 0 Å². The Hall–Kier alpha value is -4.25. The van der Waals surface area contributed by atoms with Gasteiger partial charge in [-0.15, -0.1) is 0 Å². The molecule has 0 saturated carbocycles. The number of urea groups is 2. The molecule has 42 heavy (non-hydrogen) atoms. The number of hydrazone groups is 1. The fourth-order valence-electron chi connectivity index (χ4n) is 4.46. The molecule has 0 radical (unpaired) electrons. The van der Waals surface area contributed by atoms with Crippen molar-refractivity contribution in [2.75, 3.05) is 19.7 Å². The molecule has 2 aromatic rings. The second kappa shape index (κ2) is 12.7. The summed E-state index contributed by atoms with van der Waals surface area (Å²) >= 11 is 0. The smallest absolute Gasteiger partial charge is 0.544 e. The molecule has 17 heteroatoms. The van der Waals surface area contributed by atoms with Crippen molar-refractivity contribution in [3.05, 3.63) is 60.1 Å². The average Bonchev–Trinajstić information content (AvgIpc) is 3.76. The van der Waals surface area contributed by atoms with E-state index in [1.54, 1.807) is 42.5 Å². The van der Waals surface area contributed by atoms with Crippen LogP contribution in [0.5, 0.6) is 0 Å². The summed E-state index contributed by atoms with van der Waals surface area (Å²) in [6.07, 6.45) is 2.09. The molecule has 16 nitrogen and oxygen atoms in total. The van der Waals surface area contributed by atoms with Gasteiger partial charge < -0.3 is 29.7 Å². The van der Waals surface area contributed by atoms with Gasteiger partial charge in [-0.05, 0) is 17.7 Å². The van der Waals surface area contributed by atoms with E-state index in [-0.39, 0.29) is 49.1 Å². The van der Waals surface area contributed by atoms with Gasteiger partial charge in [0.15, 0.2) is 0 Å². The van der Waals surface area contributed by atoms with E-state index in [2.05, 4.69) is 15.7 Å². The molecule has 0 aliphatic carbocycles. The van der Waals surface area contributed by atoms with Crippen molar-refractivity contribution in [2.24, 2.45) is 5.10 Å². The van der Waals surface area contributed by atoms with Gasteiger partial charge >= 0.3 is 47.6 Å². The number of rotatable bonds is 8. The maximum Gasteiger partial charge on any atom is 1.00 e. The summed E-state index contributed by atoms with van der Waals surface area (Å²) in [5.41, 5.74) is -2.13. The van der Waals surface area contributed by atoms with Gasteiger partial charge in [0, 0.05) is 6.42 Å². The molecule has 1 aromatic carbocycles. The van der Waals surface area contributed by atoms with Crippen molar-refractivity contribution >= 4 is 42.0 Å². The van der Waals surface area contributed by atoms with Crippen molar-refractivity contribution in [3.63, 3.8) is 0 Å². The summed E-state index contributed by atoms with van der Waals surface area (Å²) in [6.45, 7) is -0.392. The number of carboxylic acids is 1. The molecular weight excluding hydrogens is 567 g/mol. The Morgan fingerprint density at radius 2 is 1.86 bits per heavy atom. The normalized spacial score (nSPS) is 22.7. The molecule has 1 aromatic heterocycles. The minimum atomic E-state index is -2.46. The number of carbonyl (C=O) groups is 6. The van der Waals surface area contributed by atoms with Crippen molar-refractivity contribution in [3.8, 4) is 0 Å². The zero-order valence-corrected chi connectivity index (χ0v) is 24.3. The van der Waals surface area contributed by atoms with E-state index in [4.69, 9.17) is 14.0 Å². The SMILES string of the molecule is O=C1CCC(C(=O)[O-])(N2OC[C@H](NC(=O)C(NC(=O)N3CCN(N=Cc4ccco4)C3=O)c3ccccc3)C2=O)O1.[Na+]. The zero-order valence-electron chi connectivity index (χ0n) is 22.3. The quantitative estimate of drug-likeness (QED) is 0.173. The monoisotopic (exact) mass is 590 g/mol. The first-order valence-electron chi connectivity index (χ1n) is 12.4. The van der Waals surface area contributed by atoms with Crippen LogP contribution < -0.4 is 45.3 Å². The number of amides is 6. The molecule has 3 aliphatic heterocycles. The molecule has 0 bridgehead atoms. The van der Waals surface area contributed by atoms with Crippen LogP contribution in [0, 0.1) is 0 Å². The predicted molar refractivity (Wildman–Crippen MR) is 131 cm³/mol. The minimum absolute atomic E-state index is 0. The number of furan rings is 1. The Bertz CT molecular complexity index is 1400. The number of hydrogen-bond donors (Lipinski definition) is 2. The van der Waals surface area contributed by atoms with Crippen LogP contribution in [0.4, 0.5) is 9.59 Å². The van der Waals surface area contributed by atoms with Crippen LogP contribution in [-0.2, 0) is 28.8 Å². The summed E-state index contributed by atoms with van der Waals surface area (Å²) in [5, 5.41) is 22.2. The fourth-order valence-corrected chi connectivity index (χ4v) is 4.46. The Morgan fingerprint density at radius 1 is 1.10 bits per heavy atom. The van der Waals surface area contributed by atoms with Crippen LogP contribution in [0.3, 0.4) is 0 Å². The van der Waals surface area contributed by atoms with Crippen LogP contribution in [0.2, 0.25) is 0 Å². The number of benzene rings is 1. The van der Waals surface area contributed by atoms with Crippen LogP contribution in [0.1, 0.15) is 30.2 Å². The Kier molecular flexibility index (Phi) is 9.30. The van der Waals surface area contributed by atoms with Gasteiger partial charge in [-0.3, -0.25) is 19.2 Å². The van der Waals surface area contributed by atoms with Crippen molar-refractivity contribution in [2.45, 2.75) is 30.7 Å². The summed E-state index contributed by atoms with van der Waals surface area (Å²) < 4.78 is 9.99. The number of cyclic esters (lactones) is 1. The van der Waals surface area contributed by atoms with Gasteiger partial charge in [-0.1, -0.05) is 30.3 Å². The van der Waals surface area contributed by atoms with E-state index in [1.165, 1.54) is 12.5 Å². The molecule has 5 rings (SSSR count). The summed E-state index contributed by atoms with van der Waals surface area (Å²) in [5.74, 6) is -4.14. The standard InChI is InChI=1S/C25H24N6O10.Na/c32-18-8-9-25(41-18,22(35)36)31-21(34)17(14-40-31)27-20(33)19(15-5-2-1-3-6-15)28-23(37)29-10-11-30(24(29)38)26-13-16-7-4-12-39-16;/h1-7,12-13,17,19H,8-11,14H2,(H,27,33)(H,28,37)(H,35,36);/q;+1/p-1/t17-,19?,25?;/m0./s1. The van der Waals surface area contributed by atoms with Crippen molar-refractivity contribution in [1.29, 1.82) is 0 Å². The Labute approximate surface area is 259 Å². The molecule has 3 fully saturated rings. The summed E-state index contributed by atoms with van der Waals surface area (Å²) in [4.78, 5) is 81.7. The third kappa shape index (κ3) is 6.01. The van der Waals surface area contributed by atoms with Crippen molar-refractivity contribution in [1.82, 2.24) is 25.6 Å². The molecule has 2 unspecified atom stereocenters. The van der Waals surface area contributed by atoms with Gasteiger partial charge in [0.25, 0.3) is 11.6 Å². The second-order valence-corrected chi connectivity index (χ2v) is 9.15. The summed E-state index contributed by atoms with van der Waals surface area (Å²) in [6, 6.07) is 6.97. The Balaban J connectivity index is 0.00000405. The second-order valence-electron chi connectivity index (χ2n) is 9.15. The number of imide groups is 1. The van der Waals surface area contributed by atoms with E-state index in [0.717, 1.165) is 9.91 Å². The van der Waals surface area contributed by atoms with E-state index in [9.17, 15) is 33.9 Å². The third-order valence-electron chi connectivity index (χ3n) is 6.55. The van der Waals surface area contributed by atoms with E-state index in [1.807, 2.05) is 0 Å². The first kappa shape index (κ1) is 30.7. The van der Waals surface area contributed by atoms with Gasteiger partial charge in [0.2, 0.25) is 5.91 Å². The number of carbonyl (C=O) groups excluding carboxylic acids is 6. The van der Waals surface area contributed by atoms with E-state index in [0.29, 0.717) is 16.4 Å². The van der Waals surface area contributed by atoms with Gasteiger partial charge in [-0.2, -0.15) is 10.2 Å². The number of carboxylic acid groups (broad SMARTS) is 1. The van der Waals surface area contributed by atoms with E-state index >= 15 is 0 Å². The van der Waals surface area contributed by atoms with Gasteiger partial charge in [0.05, 0.1) is 32.0 Å². The fraction of sp³-hybridized carbons (Fsp3) is 0.320. The zero-order chi connectivity index (χ0) is 29.1. The third-order valence-corrected chi connectivity index (χ3v) is 6.55. The number of nitrogens with one attached hydrogen (secondary N) is 2. The molecular formula is C25H23N6NaO10. The molecule has 0 spiro atoms. The minimum Gasteiger partial charge on any atom is -0.544 e. The number of nitrogens with zero attached hydrogens (tertiary/aromatic N) is 4. The molecule has 3 atom stereocenters. The van der Waals surface area contributed by atoms with Crippen LogP contribution in [0.25, 0.3) is 0 Å². The Morgan fingerprint density at radius 3 is 2.50 bits per heavy atom. The van der Waals surface area contributed by atoms with Gasteiger partial charge in [-0.25, -0.2) is 19.5 Å². The maximum absolute atomic E-state index is 13.4. The number of hydroxylamine groups is 2. The first-order chi connectivity index (χ1) is 19.7. The molecule has 4 heterocycles. The van der Waals surface area contributed by atoms with Gasteiger partial charge in [0.1, 0.15) is 30.4 Å². The molecule has 3 saturated heterocycles. The topological polar surface area (TPSA) is 203 Å². The molecule has 3 aliphatic rings. The number of aliphatic carboxylic acids is 1. The van der Waals surface area contributed by atoms with Crippen LogP contribution in [0.15, 0.2) is 58.2 Å². The largest absolute Gasteiger partial charge is 1.00 e.